The Balaban J connectivity index is 1.61. The summed E-state index contributed by atoms with van der Waals surface area (Å²) >= 11 is 5.20. The average Bonchev–Trinajstić information content (AvgIpc) is 3.07. The molecule has 1 unspecified atom stereocenters. The second-order valence-corrected chi connectivity index (χ2v) is 9.28. The van der Waals surface area contributed by atoms with Gasteiger partial charge in [-0.2, -0.15) is 12.7 Å². The molecule has 166 valence electrons. The standard InChI is InChI=1S/C18H26FN5O4S2/c1-2-3-17(29)21-11-14-12-24(18(25)28-14)13-4-5-16(15(19)10-13)22-6-8-23(9-7-22)30(20,26)27/h4-5,10,14H,2-3,6-9,11-12H2,1H3,(H,21,29)(H2,20,26,27). The predicted octanol–water partition coefficient (Wildman–Crippen LogP) is 1.19. The fourth-order valence-electron chi connectivity index (χ4n) is 3.49. The number of nitrogens with two attached hydrogens (primary N) is 1. The molecule has 0 aliphatic carbocycles. The van der Waals surface area contributed by atoms with Gasteiger partial charge in [-0.3, -0.25) is 4.90 Å². The van der Waals surface area contributed by atoms with Crippen molar-refractivity contribution in [2.24, 2.45) is 5.14 Å². The minimum absolute atomic E-state index is 0.188. The first-order valence-corrected chi connectivity index (χ1v) is 11.7. The smallest absolute Gasteiger partial charge is 0.414 e. The first-order chi connectivity index (χ1) is 14.2. The lowest BCUT2D eigenvalue weighted by atomic mass is 10.2. The highest BCUT2D eigenvalue weighted by Gasteiger charge is 2.33. The molecule has 1 atom stereocenters. The minimum Gasteiger partial charge on any atom is -0.442 e. The van der Waals surface area contributed by atoms with Gasteiger partial charge >= 0.3 is 6.09 Å². The predicted molar refractivity (Wildman–Crippen MR) is 116 cm³/mol. The van der Waals surface area contributed by atoms with E-state index in [-0.39, 0.29) is 19.2 Å². The van der Waals surface area contributed by atoms with Gasteiger partial charge in [0.25, 0.3) is 10.2 Å². The summed E-state index contributed by atoms with van der Waals surface area (Å²) in [5.74, 6) is -0.491. The van der Waals surface area contributed by atoms with Crippen molar-refractivity contribution >= 4 is 44.9 Å². The van der Waals surface area contributed by atoms with Crippen molar-refractivity contribution < 1.29 is 22.3 Å². The Kier molecular flexibility index (Phi) is 7.11. The number of halogens is 1. The van der Waals surface area contributed by atoms with Gasteiger partial charge < -0.3 is 15.0 Å². The van der Waals surface area contributed by atoms with E-state index in [0.717, 1.165) is 22.1 Å². The Hall–Kier alpha value is -2.02. The van der Waals surface area contributed by atoms with Crippen LogP contribution in [0.2, 0.25) is 0 Å². The maximum atomic E-state index is 14.8. The monoisotopic (exact) mass is 459 g/mol. The van der Waals surface area contributed by atoms with Crippen molar-refractivity contribution in [3.8, 4) is 0 Å². The number of anilines is 2. The molecule has 0 aromatic heterocycles. The Morgan fingerprint density at radius 2 is 2.03 bits per heavy atom. The first kappa shape index (κ1) is 22.7. The van der Waals surface area contributed by atoms with Gasteiger partial charge in [0.05, 0.1) is 29.5 Å². The van der Waals surface area contributed by atoms with E-state index in [0.29, 0.717) is 37.6 Å². The minimum atomic E-state index is -3.74. The van der Waals surface area contributed by atoms with Crippen LogP contribution in [-0.2, 0) is 14.9 Å². The van der Waals surface area contributed by atoms with Crippen LogP contribution in [0.1, 0.15) is 19.8 Å². The molecule has 3 rings (SSSR count). The van der Waals surface area contributed by atoms with Crippen LogP contribution in [-0.4, -0.2) is 69.2 Å². The molecule has 2 fully saturated rings. The number of thiocarbonyl (C=S) groups is 1. The van der Waals surface area contributed by atoms with Crippen molar-refractivity contribution in [1.29, 1.82) is 0 Å². The number of nitrogens with zero attached hydrogens (tertiary/aromatic N) is 3. The normalized spacial score (nSPS) is 20.4. The number of cyclic esters (lactones) is 1. The summed E-state index contributed by atoms with van der Waals surface area (Å²) in [6.07, 6.45) is 0.807. The molecular weight excluding hydrogens is 433 g/mol. The van der Waals surface area contributed by atoms with E-state index in [1.54, 1.807) is 17.0 Å². The van der Waals surface area contributed by atoms with E-state index in [2.05, 4.69) is 5.32 Å². The fraction of sp³-hybridized carbons (Fsp3) is 0.556. The van der Waals surface area contributed by atoms with Crippen LogP contribution in [0.15, 0.2) is 18.2 Å². The van der Waals surface area contributed by atoms with Crippen LogP contribution >= 0.6 is 12.2 Å². The average molecular weight is 460 g/mol. The molecule has 2 heterocycles. The number of amides is 1. The molecule has 1 aromatic carbocycles. The highest BCUT2D eigenvalue weighted by atomic mass is 32.2. The lowest BCUT2D eigenvalue weighted by Crippen LogP contribution is -2.50. The molecule has 2 aliphatic rings. The topological polar surface area (TPSA) is 108 Å². The fourth-order valence-corrected chi connectivity index (χ4v) is 4.45. The van der Waals surface area contributed by atoms with E-state index in [9.17, 15) is 17.6 Å². The van der Waals surface area contributed by atoms with Crippen LogP contribution in [0.5, 0.6) is 0 Å². The van der Waals surface area contributed by atoms with Crippen LogP contribution in [0.3, 0.4) is 0 Å². The number of rotatable bonds is 7. The third-order valence-electron chi connectivity index (χ3n) is 5.06. The van der Waals surface area contributed by atoms with Gasteiger partial charge in [0.1, 0.15) is 11.9 Å². The third-order valence-corrected chi connectivity index (χ3v) is 6.49. The molecule has 30 heavy (non-hydrogen) atoms. The summed E-state index contributed by atoms with van der Waals surface area (Å²) < 4.78 is 44.1. The van der Waals surface area contributed by atoms with Crippen molar-refractivity contribution in [2.75, 3.05) is 49.1 Å². The first-order valence-electron chi connectivity index (χ1n) is 9.76. The molecule has 3 N–H and O–H groups in total. The van der Waals surface area contributed by atoms with E-state index in [4.69, 9.17) is 22.1 Å². The largest absolute Gasteiger partial charge is 0.442 e. The number of hydrogen-bond donors (Lipinski definition) is 2. The van der Waals surface area contributed by atoms with Crippen molar-refractivity contribution in [3.05, 3.63) is 24.0 Å². The number of piperazine rings is 1. The zero-order valence-electron chi connectivity index (χ0n) is 16.7. The second-order valence-electron chi connectivity index (χ2n) is 7.24. The van der Waals surface area contributed by atoms with E-state index < -0.39 is 22.1 Å². The SMILES string of the molecule is CCCC(=S)NCC1CN(c2ccc(N3CCN(S(N)(=O)=O)CC3)c(F)c2)C(=O)O1. The summed E-state index contributed by atoms with van der Waals surface area (Å²) in [6, 6.07) is 4.54. The van der Waals surface area contributed by atoms with Gasteiger partial charge in [0.2, 0.25) is 0 Å². The number of nitrogens with one attached hydrogen (secondary N) is 1. The highest BCUT2D eigenvalue weighted by Crippen LogP contribution is 2.28. The van der Waals surface area contributed by atoms with Gasteiger partial charge in [0.15, 0.2) is 0 Å². The molecule has 9 nitrogen and oxygen atoms in total. The molecule has 1 aromatic rings. The zero-order chi connectivity index (χ0) is 21.9. The van der Waals surface area contributed by atoms with Gasteiger partial charge in [0, 0.05) is 26.2 Å². The summed E-state index contributed by atoms with van der Waals surface area (Å²) in [5, 5.41) is 8.22. The quantitative estimate of drug-likeness (QED) is 0.590. The van der Waals surface area contributed by atoms with Gasteiger partial charge in [-0.1, -0.05) is 19.1 Å². The molecule has 0 saturated carbocycles. The molecular formula is C18H26FN5O4S2. The zero-order valence-corrected chi connectivity index (χ0v) is 18.3. The van der Waals surface area contributed by atoms with E-state index in [1.807, 2.05) is 6.92 Å². The van der Waals surface area contributed by atoms with Crippen LogP contribution in [0, 0.1) is 5.82 Å². The summed E-state index contributed by atoms with van der Waals surface area (Å²) in [4.78, 5) is 16.1. The summed E-state index contributed by atoms with van der Waals surface area (Å²) in [5.41, 5.74) is 0.756. The van der Waals surface area contributed by atoms with E-state index >= 15 is 0 Å². The Bertz CT molecular complexity index is 906. The van der Waals surface area contributed by atoms with Crippen LogP contribution < -0.4 is 20.3 Å². The Labute approximate surface area is 181 Å². The number of benzene rings is 1. The third kappa shape index (κ3) is 5.36. The lowest BCUT2D eigenvalue weighted by Gasteiger charge is -2.34. The molecule has 12 heteroatoms. The Morgan fingerprint density at radius 1 is 1.33 bits per heavy atom. The maximum Gasteiger partial charge on any atom is 0.414 e. The van der Waals surface area contributed by atoms with Crippen LogP contribution in [0.25, 0.3) is 0 Å². The van der Waals surface area contributed by atoms with Crippen LogP contribution in [0.4, 0.5) is 20.6 Å². The Morgan fingerprint density at radius 3 is 2.63 bits per heavy atom. The number of hydrogen-bond acceptors (Lipinski definition) is 6. The van der Waals surface area contributed by atoms with Gasteiger partial charge in [-0.05, 0) is 31.0 Å². The number of ether oxygens (including phenoxy) is 1. The molecule has 2 aliphatic heterocycles. The molecule has 0 spiro atoms. The van der Waals surface area contributed by atoms with Crippen molar-refractivity contribution in [1.82, 2.24) is 9.62 Å². The molecule has 2 saturated heterocycles. The second kappa shape index (κ2) is 9.41. The summed E-state index contributed by atoms with van der Waals surface area (Å²) in [7, 11) is -3.74. The lowest BCUT2D eigenvalue weighted by molar-refractivity contribution is 0.143. The maximum absolute atomic E-state index is 14.8. The molecule has 1 amide bonds. The van der Waals surface area contributed by atoms with Gasteiger partial charge in [-0.15, -0.1) is 0 Å². The van der Waals surface area contributed by atoms with Crippen molar-refractivity contribution in [3.63, 3.8) is 0 Å². The molecule has 0 radical (unpaired) electrons. The highest BCUT2D eigenvalue weighted by molar-refractivity contribution is 7.86. The molecule has 0 bridgehead atoms. The van der Waals surface area contributed by atoms with Gasteiger partial charge in [-0.25, -0.2) is 14.3 Å². The van der Waals surface area contributed by atoms with Crippen molar-refractivity contribution in [2.45, 2.75) is 25.9 Å². The number of carbonyl (C=O) groups is 1. The van der Waals surface area contributed by atoms with E-state index in [1.165, 1.54) is 11.0 Å². The summed E-state index contributed by atoms with van der Waals surface area (Å²) in [6.45, 7) is 3.76. The number of carbonyl (C=O) groups excluding carboxylic acids is 1.